The summed E-state index contributed by atoms with van der Waals surface area (Å²) in [6, 6.07) is 6.81. The van der Waals surface area contributed by atoms with Gasteiger partial charge in [0.25, 0.3) is 5.91 Å². The Bertz CT molecular complexity index is 659. The van der Waals surface area contributed by atoms with Gasteiger partial charge in [-0.2, -0.15) is 0 Å². The number of methoxy groups -OCH3 is 1. The summed E-state index contributed by atoms with van der Waals surface area (Å²) < 4.78 is 5.12. The van der Waals surface area contributed by atoms with E-state index in [9.17, 15) is 4.79 Å². The normalized spacial score (nSPS) is 10.2. The summed E-state index contributed by atoms with van der Waals surface area (Å²) in [6.45, 7) is 1.88. The monoisotopic (exact) mass is 291 g/mol. The molecule has 1 aromatic heterocycles. The van der Waals surface area contributed by atoms with Crippen LogP contribution in [0.1, 0.15) is 15.9 Å². The quantitative estimate of drug-likeness (QED) is 0.911. The third-order valence-corrected chi connectivity index (χ3v) is 3.10. The number of carbonyl (C=O) groups is 1. The number of nitrogens with zero attached hydrogens (tertiary/aromatic N) is 1. The fraction of sp³-hybridized carbons (Fsp3) is 0.143. The molecule has 0 unspecified atom stereocenters. The van der Waals surface area contributed by atoms with E-state index in [2.05, 4.69) is 10.3 Å². The van der Waals surface area contributed by atoms with Gasteiger partial charge in [0.05, 0.1) is 17.7 Å². The number of benzene rings is 1. The molecule has 2 aromatic rings. The van der Waals surface area contributed by atoms with E-state index in [4.69, 9.17) is 22.1 Å². The Balaban J connectivity index is 2.25. The van der Waals surface area contributed by atoms with Crippen LogP contribution < -0.4 is 15.8 Å². The molecule has 2 rings (SSSR count). The fourth-order valence-corrected chi connectivity index (χ4v) is 1.91. The Kier molecular flexibility index (Phi) is 4.10. The number of hydrogen-bond acceptors (Lipinski definition) is 4. The third-order valence-electron chi connectivity index (χ3n) is 2.80. The molecule has 0 spiro atoms. The van der Waals surface area contributed by atoms with Crippen molar-refractivity contribution in [1.82, 2.24) is 4.98 Å². The van der Waals surface area contributed by atoms with Crippen LogP contribution in [0.15, 0.2) is 30.5 Å². The minimum atomic E-state index is -0.336. The molecule has 0 aliphatic heterocycles. The molecule has 0 bridgehead atoms. The van der Waals surface area contributed by atoms with Gasteiger partial charge in [-0.25, -0.2) is 4.98 Å². The van der Waals surface area contributed by atoms with Crippen LogP contribution in [0.5, 0.6) is 5.75 Å². The van der Waals surface area contributed by atoms with E-state index in [1.807, 2.05) is 13.0 Å². The van der Waals surface area contributed by atoms with Crippen molar-refractivity contribution in [3.63, 3.8) is 0 Å². The highest BCUT2D eigenvalue weighted by atomic mass is 35.5. The SMILES string of the molecule is COc1ccc(NC(=O)c2cc(N)ncc2Cl)c(C)c1. The second-order valence-corrected chi connectivity index (χ2v) is 4.63. The number of pyridine rings is 1. The van der Waals surface area contributed by atoms with Gasteiger partial charge in [-0.3, -0.25) is 4.79 Å². The number of anilines is 2. The molecule has 0 atom stereocenters. The number of rotatable bonds is 3. The van der Waals surface area contributed by atoms with Crippen LogP contribution >= 0.6 is 11.6 Å². The Hall–Kier alpha value is -2.27. The Morgan fingerprint density at radius 3 is 2.80 bits per heavy atom. The van der Waals surface area contributed by atoms with Crippen molar-refractivity contribution in [2.24, 2.45) is 0 Å². The van der Waals surface area contributed by atoms with E-state index < -0.39 is 0 Å². The van der Waals surface area contributed by atoms with Gasteiger partial charge < -0.3 is 15.8 Å². The number of hydrogen-bond donors (Lipinski definition) is 2. The van der Waals surface area contributed by atoms with Crippen molar-refractivity contribution in [2.45, 2.75) is 6.92 Å². The van der Waals surface area contributed by atoms with Crippen LogP contribution in [0.25, 0.3) is 0 Å². The van der Waals surface area contributed by atoms with Gasteiger partial charge in [0.2, 0.25) is 0 Å². The van der Waals surface area contributed by atoms with Crippen LogP contribution in [0.3, 0.4) is 0 Å². The molecule has 1 heterocycles. The minimum Gasteiger partial charge on any atom is -0.497 e. The molecule has 0 radical (unpaired) electrons. The lowest BCUT2D eigenvalue weighted by atomic mass is 10.1. The number of carbonyl (C=O) groups excluding carboxylic acids is 1. The number of nitrogens with two attached hydrogens (primary N) is 1. The highest BCUT2D eigenvalue weighted by molar-refractivity contribution is 6.34. The second kappa shape index (κ2) is 5.79. The molecule has 0 fully saturated rings. The fourth-order valence-electron chi connectivity index (χ4n) is 1.72. The van der Waals surface area contributed by atoms with E-state index in [1.54, 1.807) is 19.2 Å². The van der Waals surface area contributed by atoms with Crippen LogP contribution in [0.2, 0.25) is 5.02 Å². The molecule has 1 amide bonds. The van der Waals surface area contributed by atoms with E-state index in [0.29, 0.717) is 5.69 Å². The summed E-state index contributed by atoms with van der Waals surface area (Å²) in [5.41, 5.74) is 7.41. The summed E-state index contributed by atoms with van der Waals surface area (Å²) in [4.78, 5) is 16.0. The Morgan fingerprint density at radius 1 is 1.40 bits per heavy atom. The summed E-state index contributed by atoms with van der Waals surface area (Å²) in [5.74, 6) is 0.634. The number of nitrogens with one attached hydrogen (secondary N) is 1. The highest BCUT2D eigenvalue weighted by Gasteiger charge is 2.13. The number of amides is 1. The van der Waals surface area contributed by atoms with Crippen LogP contribution in [-0.4, -0.2) is 18.0 Å². The number of ether oxygens (including phenoxy) is 1. The largest absolute Gasteiger partial charge is 0.497 e. The minimum absolute atomic E-state index is 0.242. The molecule has 0 saturated carbocycles. The zero-order chi connectivity index (χ0) is 14.7. The van der Waals surface area contributed by atoms with Gasteiger partial charge >= 0.3 is 0 Å². The molecule has 0 aliphatic rings. The van der Waals surface area contributed by atoms with Crippen molar-refractivity contribution >= 4 is 29.0 Å². The maximum absolute atomic E-state index is 12.2. The first kappa shape index (κ1) is 14.1. The number of aryl methyl sites for hydroxylation is 1. The maximum Gasteiger partial charge on any atom is 0.257 e. The number of halogens is 1. The van der Waals surface area contributed by atoms with E-state index >= 15 is 0 Å². The van der Waals surface area contributed by atoms with Gasteiger partial charge in [0, 0.05) is 11.9 Å². The second-order valence-electron chi connectivity index (χ2n) is 4.22. The highest BCUT2D eigenvalue weighted by Crippen LogP contribution is 2.23. The predicted molar refractivity (Wildman–Crippen MR) is 79.3 cm³/mol. The van der Waals surface area contributed by atoms with Crippen molar-refractivity contribution < 1.29 is 9.53 Å². The molecular formula is C14H14ClN3O2. The predicted octanol–water partition coefficient (Wildman–Crippen LogP) is 2.89. The Labute approximate surface area is 121 Å². The van der Waals surface area contributed by atoms with E-state index in [-0.39, 0.29) is 22.3 Å². The molecule has 3 N–H and O–H groups in total. The number of aromatic nitrogens is 1. The first-order chi connectivity index (χ1) is 9.51. The zero-order valence-electron chi connectivity index (χ0n) is 11.1. The average Bonchev–Trinajstić information content (AvgIpc) is 2.43. The molecule has 1 aromatic carbocycles. The lowest BCUT2D eigenvalue weighted by Gasteiger charge is -2.11. The van der Waals surface area contributed by atoms with Crippen molar-refractivity contribution in [3.8, 4) is 5.75 Å². The zero-order valence-corrected chi connectivity index (χ0v) is 11.9. The lowest BCUT2D eigenvalue weighted by Crippen LogP contribution is -2.14. The van der Waals surface area contributed by atoms with Crippen molar-refractivity contribution in [3.05, 3.63) is 46.6 Å². The van der Waals surface area contributed by atoms with Crippen molar-refractivity contribution in [2.75, 3.05) is 18.2 Å². The van der Waals surface area contributed by atoms with Crippen molar-refractivity contribution in [1.29, 1.82) is 0 Å². The molecular weight excluding hydrogens is 278 g/mol. The summed E-state index contributed by atoms with van der Waals surface area (Å²) >= 11 is 5.95. The topological polar surface area (TPSA) is 77.2 Å². The summed E-state index contributed by atoms with van der Waals surface area (Å²) in [5, 5.41) is 3.04. The number of nitrogen functional groups attached to an aromatic ring is 1. The summed E-state index contributed by atoms with van der Waals surface area (Å²) in [6.07, 6.45) is 1.35. The average molecular weight is 292 g/mol. The summed E-state index contributed by atoms with van der Waals surface area (Å²) in [7, 11) is 1.59. The van der Waals surface area contributed by atoms with Gasteiger partial charge in [0.1, 0.15) is 11.6 Å². The molecule has 20 heavy (non-hydrogen) atoms. The van der Waals surface area contributed by atoms with Gasteiger partial charge in [-0.15, -0.1) is 0 Å². The van der Waals surface area contributed by atoms with E-state index in [1.165, 1.54) is 12.3 Å². The maximum atomic E-state index is 12.2. The standard InChI is InChI=1S/C14H14ClN3O2/c1-8-5-9(20-2)3-4-12(8)18-14(19)10-6-13(16)17-7-11(10)15/h3-7H,1-2H3,(H2,16,17)(H,18,19). The Morgan fingerprint density at radius 2 is 2.15 bits per heavy atom. The van der Waals surface area contributed by atoms with Crippen LogP contribution in [0.4, 0.5) is 11.5 Å². The molecule has 5 nitrogen and oxygen atoms in total. The molecule has 0 aliphatic carbocycles. The smallest absolute Gasteiger partial charge is 0.257 e. The third kappa shape index (κ3) is 3.00. The van der Waals surface area contributed by atoms with Gasteiger partial charge in [-0.1, -0.05) is 11.6 Å². The van der Waals surface area contributed by atoms with Crippen LogP contribution in [0, 0.1) is 6.92 Å². The van der Waals surface area contributed by atoms with E-state index in [0.717, 1.165) is 11.3 Å². The molecule has 104 valence electrons. The molecule has 0 saturated heterocycles. The van der Waals surface area contributed by atoms with Crippen LogP contribution in [-0.2, 0) is 0 Å². The first-order valence-corrected chi connectivity index (χ1v) is 6.26. The lowest BCUT2D eigenvalue weighted by molar-refractivity contribution is 0.102. The molecule has 6 heteroatoms. The first-order valence-electron chi connectivity index (χ1n) is 5.88. The van der Waals surface area contributed by atoms with Gasteiger partial charge in [0.15, 0.2) is 0 Å². The van der Waals surface area contributed by atoms with Gasteiger partial charge in [-0.05, 0) is 36.8 Å².